The quantitative estimate of drug-likeness (QED) is 0.547. The summed E-state index contributed by atoms with van der Waals surface area (Å²) in [5, 5.41) is 11.5. The number of amides is 1. The average molecular weight is 422 g/mol. The molecule has 0 saturated carbocycles. The summed E-state index contributed by atoms with van der Waals surface area (Å²) in [6, 6.07) is 11.3. The second kappa shape index (κ2) is 7.26. The van der Waals surface area contributed by atoms with E-state index in [9.17, 15) is 13.6 Å². The predicted molar refractivity (Wildman–Crippen MR) is 111 cm³/mol. The Hall–Kier alpha value is -3.62. The molecular weight excluding hydrogens is 402 g/mol. The Bertz CT molecular complexity index is 1260. The number of H-pyrrole nitrogens is 1. The number of hydrogen-bond donors (Lipinski definition) is 1. The molecule has 5 rings (SSSR count). The summed E-state index contributed by atoms with van der Waals surface area (Å²) in [5.41, 5.74) is 5.27. The third-order valence-electron chi connectivity index (χ3n) is 5.52. The molecule has 1 aliphatic rings. The lowest BCUT2D eigenvalue weighted by Crippen LogP contribution is -2.31. The van der Waals surface area contributed by atoms with E-state index in [2.05, 4.69) is 20.3 Å². The Morgan fingerprint density at radius 1 is 1.16 bits per heavy atom. The second-order valence-corrected chi connectivity index (χ2v) is 7.87. The van der Waals surface area contributed by atoms with Gasteiger partial charge in [-0.15, -0.1) is 0 Å². The van der Waals surface area contributed by atoms with Gasteiger partial charge in [-0.1, -0.05) is 24.3 Å². The molecule has 1 aromatic carbocycles. The molecule has 0 aliphatic carbocycles. The molecule has 3 aromatic heterocycles. The molecule has 158 valence electrons. The summed E-state index contributed by atoms with van der Waals surface area (Å²) in [6.07, 6.45) is 3.98. The number of alkyl halides is 2. The van der Waals surface area contributed by atoms with E-state index >= 15 is 0 Å². The van der Waals surface area contributed by atoms with Crippen LogP contribution in [0, 0.1) is 0 Å². The van der Waals surface area contributed by atoms with Crippen molar-refractivity contribution in [3.05, 3.63) is 65.7 Å². The van der Waals surface area contributed by atoms with Crippen LogP contribution in [0.15, 0.2) is 48.8 Å². The van der Waals surface area contributed by atoms with E-state index in [1.807, 2.05) is 43.7 Å². The first-order chi connectivity index (χ1) is 14.9. The van der Waals surface area contributed by atoms with Crippen LogP contribution < -0.4 is 0 Å². The molecule has 0 bridgehead atoms. The first kappa shape index (κ1) is 19.3. The third kappa shape index (κ3) is 3.78. The fourth-order valence-corrected chi connectivity index (χ4v) is 3.84. The minimum atomic E-state index is -2.83. The number of pyridine rings is 1. The molecule has 0 radical (unpaired) electrons. The Morgan fingerprint density at radius 3 is 2.65 bits per heavy atom. The maximum atomic E-state index is 13.5. The molecule has 9 heteroatoms. The zero-order chi connectivity index (χ0) is 21.6. The molecule has 31 heavy (non-hydrogen) atoms. The van der Waals surface area contributed by atoms with E-state index < -0.39 is 18.4 Å². The molecule has 7 nitrogen and oxygen atoms in total. The molecule has 4 aromatic rings. The number of aromatic nitrogens is 5. The van der Waals surface area contributed by atoms with Gasteiger partial charge >= 0.3 is 0 Å². The fraction of sp³-hybridized carbons (Fsp3) is 0.273. The summed E-state index contributed by atoms with van der Waals surface area (Å²) in [4.78, 5) is 18.2. The lowest BCUT2D eigenvalue weighted by molar-refractivity contribution is 0.0119. The van der Waals surface area contributed by atoms with Crippen molar-refractivity contribution in [1.29, 1.82) is 0 Å². The predicted octanol–water partition coefficient (Wildman–Crippen LogP) is 3.43. The maximum absolute atomic E-state index is 13.5. The molecule has 1 aliphatic heterocycles. The van der Waals surface area contributed by atoms with Crippen molar-refractivity contribution in [2.45, 2.75) is 18.8 Å². The molecule has 0 spiro atoms. The van der Waals surface area contributed by atoms with Crippen LogP contribution in [-0.4, -0.2) is 54.8 Å². The number of nitrogens with zero attached hydrogens (tertiary/aromatic N) is 5. The summed E-state index contributed by atoms with van der Waals surface area (Å²) in [5.74, 6) is -3.31. The number of nitrogens with one attached hydrogen (secondary N) is 1. The number of carbonyl (C=O) groups is 1. The molecular formula is C22H20F2N6O. The standard InChI is InChI=1S/C22H20F2N6O/c1-29-12-16(11-25-29)15-4-2-14(3-5-15)10-19-20-17(27-28-19)6-7-18(26-20)21(31)30-9-8-22(23,24)13-30/h2-7,11-12H,8-10,13H2,1H3,(H,27,28). The summed E-state index contributed by atoms with van der Waals surface area (Å²) >= 11 is 0. The van der Waals surface area contributed by atoms with Gasteiger partial charge in [-0.05, 0) is 23.3 Å². The minimum absolute atomic E-state index is 0.0348. The van der Waals surface area contributed by atoms with Gasteiger partial charge in [0.25, 0.3) is 11.8 Å². The van der Waals surface area contributed by atoms with Crippen molar-refractivity contribution < 1.29 is 13.6 Å². The Labute approximate surface area is 176 Å². The van der Waals surface area contributed by atoms with Gasteiger partial charge < -0.3 is 4.90 Å². The van der Waals surface area contributed by atoms with Gasteiger partial charge in [0.1, 0.15) is 11.2 Å². The van der Waals surface area contributed by atoms with Crippen LogP contribution in [0.1, 0.15) is 28.2 Å². The van der Waals surface area contributed by atoms with Crippen LogP contribution in [0.2, 0.25) is 0 Å². The number of halogens is 2. The molecule has 0 unspecified atom stereocenters. The topological polar surface area (TPSA) is 79.7 Å². The van der Waals surface area contributed by atoms with Crippen molar-refractivity contribution in [3.8, 4) is 11.1 Å². The van der Waals surface area contributed by atoms with Gasteiger partial charge in [0.15, 0.2) is 0 Å². The van der Waals surface area contributed by atoms with Crippen molar-refractivity contribution in [1.82, 2.24) is 29.9 Å². The van der Waals surface area contributed by atoms with Crippen LogP contribution >= 0.6 is 0 Å². The summed E-state index contributed by atoms with van der Waals surface area (Å²) in [6.45, 7) is -0.528. The second-order valence-electron chi connectivity index (χ2n) is 7.87. The van der Waals surface area contributed by atoms with Gasteiger partial charge in [0, 0.05) is 38.2 Å². The van der Waals surface area contributed by atoms with Crippen LogP contribution in [0.3, 0.4) is 0 Å². The number of hydrogen-bond acceptors (Lipinski definition) is 4. The van der Waals surface area contributed by atoms with Gasteiger partial charge in [-0.3, -0.25) is 14.6 Å². The highest BCUT2D eigenvalue weighted by Crippen LogP contribution is 2.28. The van der Waals surface area contributed by atoms with Gasteiger partial charge in [-0.25, -0.2) is 13.8 Å². The average Bonchev–Trinajstić information content (AvgIpc) is 3.46. The van der Waals surface area contributed by atoms with Crippen molar-refractivity contribution >= 4 is 16.9 Å². The lowest BCUT2D eigenvalue weighted by atomic mass is 10.0. The zero-order valence-electron chi connectivity index (χ0n) is 16.8. The maximum Gasteiger partial charge on any atom is 0.272 e. The first-order valence-electron chi connectivity index (χ1n) is 9.97. The number of rotatable bonds is 4. The summed E-state index contributed by atoms with van der Waals surface area (Å²) < 4.78 is 28.7. The molecule has 1 saturated heterocycles. The van der Waals surface area contributed by atoms with E-state index in [1.165, 1.54) is 0 Å². The smallest absolute Gasteiger partial charge is 0.272 e. The molecule has 4 heterocycles. The van der Waals surface area contributed by atoms with E-state index in [-0.39, 0.29) is 18.7 Å². The highest BCUT2D eigenvalue weighted by atomic mass is 19.3. The first-order valence-corrected chi connectivity index (χ1v) is 9.97. The number of carbonyl (C=O) groups excluding carboxylic acids is 1. The largest absolute Gasteiger partial charge is 0.331 e. The van der Waals surface area contributed by atoms with Crippen LogP contribution in [0.5, 0.6) is 0 Å². The van der Waals surface area contributed by atoms with Crippen LogP contribution in [-0.2, 0) is 13.5 Å². The van der Waals surface area contributed by atoms with Crippen molar-refractivity contribution in [3.63, 3.8) is 0 Å². The van der Waals surface area contributed by atoms with Crippen molar-refractivity contribution in [2.24, 2.45) is 7.05 Å². The Kier molecular flexibility index (Phi) is 4.53. The zero-order valence-corrected chi connectivity index (χ0v) is 16.8. The van der Waals surface area contributed by atoms with Gasteiger partial charge in [-0.2, -0.15) is 10.2 Å². The Balaban J connectivity index is 1.38. The van der Waals surface area contributed by atoms with Crippen LogP contribution in [0.4, 0.5) is 8.78 Å². The van der Waals surface area contributed by atoms with E-state index in [4.69, 9.17) is 0 Å². The SMILES string of the molecule is Cn1cc(-c2ccc(Cc3n[nH]c4ccc(C(=O)N5CCC(F)(F)C5)nc34)cc2)cn1. The highest BCUT2D eigenvalue weighted by molar-refractivity contribution is 5.95. The summed E-state index contributed by atoms with van der Waals surface area (Å²) in [7, 11) is 1.88. The monoisotopic (exact) mass is 422 g/mol. The number of aromatic amines is 1. The number of aryl methyl sites for hydroxylation is 1. The Morgan fingerprint density at radius 2 is 1.97 bits per heavy atom. The highest BCUT2D eigenvalue weighted by Gasteiger charge is 2.40. The van der Waals surface area contributed by atoms with Crippen molar-refractivity contribution in [2.75, 3.05) is 13.1 Å². The van der Waals surface area contributed by atoms with E-state index in [1.54, 1.807) is 16.8 Å². The van der Waals surface area contributed by atoms with Gasteiger partial charge in [0.05, 0.1) is 24.0 Å². The fourth-order valence-electron chi connectivity index (χ4n) is 3.84. The number of likely N-dealkylation sites (tertiary alicyclic amines) is 1. The molecule has 1 fully saturated rings. The van der Waals surface area contributed by atoms with Crippen LogP contribution in [0.25, 0.3) is 22.2 Å². The molecule has 1 amide bonds. The molecule has 0 atom stereocenters. The number of fused-ring (bicyclic) bond motifs is 1. The normalized spacial score (nSPS) is 15.6. The lowest BCUT2D eigenvalue weighted by Gasteiger charge is -2.15. The van der Waals surface area contributed by atoms with E-state index in [0.29, 0.717) is 23.1 Å². The van der Waals surface area contributed by atoms with Gasteiger partial charge in [0.2, 0.25) is 0 Å². The van der Waals surface area contributed by atoms with E-state index in [0.717, 1.165) is 21.6 Å². The third-order valence-corrected chi connectivity index (χ3v) is 5.52. The molecule has 1 N–H and O–H groups in total. The number of benzene rings is 1. The minimum Gasteiger partial charge on any atom is -0.331 e.